The molecular weight excluding hydrogens is 286 g/mol. The van der Waals surface area contributed by atoms with E-state index in [4.69, 9.17) is 0 Å². The van der Waals surface area contributed by atoms with E-state index in [-0.39, 0.29) is 5.41 Å². The Balaban J connectivity index is 2.07. The molecule has 23 heavy (non-hydrogen) atoms. The number of rotatable bonds is 8. The van der Waals surface area contributed by atoms with Gasteiger partial charge in [0.25, 0.3) is 0 Å². The van der Waals surface area contributed by atoms with Crippen molar-refractivity contribution in [1.29, 1.82) is 0 Å². The van der Waals surface area contributed by atoms with E-state index in [1.807, 2.05) is 12.1 Å². The summed E-state index contributed by atoms with van der Waals surface area (Å²) in [7, 11) is 0. The maximum absolute atomic E-state index is 11.3. The molecular formula is C20H31NO2. The molecule has 0 radical (unpaired) electrons. The molecule has 3 heteroatoms. The first-order valence-corrected chi connectivity index (χ1v) is 9.04. The predicted octanol–water partition coefficient (Wildman–Crippen LogP) is 5.23. The first-order valence-electron chi connectivity index (χ1n) is 9.04. The molecule has 0 saturated heterocycles. The monoisotopic (exact) mass is 317 g/mol. The zero-order valence-electron chi connectivity index (χ0n) is 15.1. The number of unbranched alkanes of at least 4 members (excludes halogenated alkanes) is 5. The van der Waals surface area contributed by atoms with Crippen molar-refractivity contribution in [2.75, 3.05) is 11.4 Å². The van der Waals surface area contributed by atoms with Crippen LogP contribution in [0, 0.1) is 0 Å². The van der Waals surface area contributed by atoms with E-state index >= 15 is 0 Å². The van der Waals surface area contributed by atoms with E-state index in [2.05, 4.69) is 32.6 Å². The van der Waals surface area contributed by atoms with Gasteiger partial charge in [0.2, 0.25) is 0 Å². The lowest BCUT2D eigenvalue weighted by Crippen LogP contribution is -2.39. The standard InChI is InChI=1S/C20H31NO2/c1-5-6-7-8-9-10-13-21-15(2)20(3,4)17-14-16(19(22)23)11-12-18(17)21/h11-12,14-15H,5-10,13H2,1-4H3,(H,22,23). The predicted molar refractivity (Wildman–Crippen MR) is 96.6 cm³/mol. The van der Waals surface area contributed by atoms with Crippen LogP contribution < -0.4 is 4.90 Å². The largest absolute Gasteiger partial charge is 0.478 e. The fourth-order valence-corrected chi connectivity index (χ4v) is 3.64. The fraction of sp³-hybridized carbons (Fsp3) is 0.650. The van der Waals surface area contributed by atoms with Gasteiger partial charge in [0.05, 0.1) is 5.56 Å². The maximum atomic E-state index is 11.3. The summed E-state index contributed by atoms with van der Waals surface area (Å²) >= 11 is 0. The van der Waals surface area contributed by atoms with Crippen molar-refractivity contribution in [2.45, 2.75) is 77.7 Å². The summed E-state index contributed by atoms with van der Waals surface area (Å²) in [5, 5.41) is 9.25. The number of aromatic carboxylic acids is 1. The number of anilines is 1. The number of benzene rings is 1. The van der Waals surface area contributed by atoms with Crippen LogP contribution in [0.3, 0.4) is 0 Å². The number of hydrogen-bond acceptors (Lipinski definition) is 2. The van der Waals surface area contributed by atoms with Crippen LogP contribution in [0.4, 0.5) is 5.69 Å². The molecule has 2 rings (SSSR count). The molecule has 0 aliphatic carbocycles. The van der Waals surface area contributed by atoms with Crippen LogP contribution in [0.5, 0.6) is 0 Å². The van der Waals surface area contributed by atoms with E-state index in [1.54, 1.807) is 6.07 Å². The van der Waals surface area contributed by atoms with Crippen LogP contribution >= 0.6 is 0 Å². The van der Waals surface area contributed by atoms with Gasteiger partial charge in [0.15, 0.2) is 0 Å². The van der Waals surface area contributed by atoms with Gasteiger partial charge in [-0.05, 0) is 37.1 Å². The third-order valence-corrected chi connectivity index (χ3v) is 5.51. The first-order chi connectivity index (χ1) is 10.9. The molecule has 128 valence electrons. The number of carbonyl (C=O) groups is 1. The second-order valence-corrected chi connectivity index (χ2v) is 7.40. The molecule has 0 saturated carbocycles. The third-order valence-electron chi connectivity index (χ3n) is 5.51. The van der Waals surface area contributed by atoms with Gasteiger partial charge in [0, 0.05) is 23.7 Å². The summed E-state index contributed by atoms with van der Waals surface area (Å²) in [5.74, 6) is -0.842. The molecule has 1 aromatic carbocycles. The minimum Gasteiger partial charge on any atom is -0.478 e. The highest BCUT2D eigenvalue weighted by Gasteiger charge is 2.41. The third kappa shape index (κ3) is 3.70. The second kappa shape index (κ2) is 7.37. The molecule has 1 unspecified atom stereocenters. The molecule has 0 spiro atoms. The molecule has 1 aliphatic rings. The molecule has 0 fully saturated rings. The minimum absolute atomic E-state index is 0.0109. The van der Waals surface area contributed by atoms with Crippen LogP contribution in [0.2, 0.25) is 0 Å². The fourth-order valence-electron chi connectivity index (χ4n) is 3.64. The minimum atomic E-state index is -0.842. The van der Waals surface area contributed by atoms with Crippen LogP contribution in [-0.2, 0) is 5.41 Å². The van der Waals surface area contributed by atoms with Gasteiger partial charge in [-0.3, -0.25) is 0 Å². The molecule has 1 heterocycles. The van der Waals surface area contributed by atoms with Gasteiger partial charge in [0.1, 0.15) is 0 Å². The maximum Gasteiger partial charge on any atom is 0.335 e. The van der Waals surface area contributed by atoms with E-state index < -0.39 is 5.97 Å². The van der Waals surface area contributed by atoms with E-state index in [1.165, 1.54) is 49.8 Å². The Kier molecular flexibility index (Phi) is 5.72. The second-order valence-electron chi connectivity index (χ2n) is 7.40. The molecule has 1 atom stereocenters. The van der Waals surface area contributed by atoms with Crippen LogP contribution in [0.15, 0.2) is 18.2 Å². The van der Waals surface area contributed by atoms with Crippen molar-refractivity contribution >= 4 is 11.7 Å². The first kappa shape index (κ1) is 17.8. The smallest absolute Gasteiger partial charge is 0.335 e. The van der Waals surface area contributed by atoms with Gasteiger partial charge in [-0.1, -0.05) is 52.9 Å². The molecule has 0 amide bonds. The summed E-state index contributed by atoms with van der Waals surface area (Å²) in [6.07, 6.45) is 7.79. The Morgan fingerprint density at radius 2 is 1.83 bits per heavy atom. The van der Waals surface area contributed by atoms with Gasteiger partial charge < -0.3 is 10.0 Å². The lowest BCUT2D eigenvalue weighted by molar-refractivity contribution is 0.0696. The zero-order chi connectivity index (χ0) is 17.0. The average molecular weight is 317 g/mol. The number of carboxylic acid groups (broad SMARTS) is 1. The summed E-state index contributed by atoms with van der Waals surface area (Å²) in [4.78, 5) is 13.7. The summed E-state index contributed by atoms with van der Waals surface area (Å²) in [5.41, 5.74) is 2.78. The highest BCUT2D eigenvalue weighted by Crippen LogP contribution is 2.45. The van der Waals surface area contributed by atoms with Crippen LogP contribution in [0.1, 0.15) is 82.1 Å². The van der Waals surface area contributed by atoms with Crippen molar-refractivity contribution in [3.63, 3.8) is 0 Å². The summed E-state index contributed by atoms with van der Waals surface area (Å²) in [6, 6.07) is 6.01. The van der Waals surface area contributed by atoms with Crippen molar-refractivity contribution in [1.82, 2.24) is 0 Å². The lowest BCUT2D eigenvalue weighted by atomic mass is 9.81. The van der Waals surface area contributed by atoms with E-state index in [0.717, 1.165) is 6.54 Å². The highest BCUT2D eigenvalue weighted by atomic mass is 16.4. The Bertz CT molecular complexity index is 551. The average Bonchev–Trinajstić information content (AvgIpc) is 2.71. The van der Waals surface area contributed by atoms with Crippen molar-refractivity contribution in [2.24, 2.45) is 0 Å². The molecule has 1 aliphatic heterocycles. The SMILES string of the molecule is CCCCCCCCN1c2ccc(C(=O)O)cc2C(C)(C)C1C. The van der Waals surface area contributed by atoms with Crippen LogP contribution in [0.25, 0.3) is 0 Å². The normalized spacial score (nSPS) is 19.0. The molecule has 1 aromatic rings. The number of nitrogens with zero attached hydrogens (tertiary/aromatic N) is 1. The number of fused-ring (bicyclic) bond motifs is 1. The van der Waals surface area contributed by atoms with Crippen molar-refractivity contribution < 1.29 is 9.90 Å². The molecule has 0 bridgehead atoms. The Hall–Kier alpha value is -1.51. The Morgan fingerprint density at radius 3 is 2.48 bits per heavy atom. The van der Waals surface area contributed by atoms with E-state index in [9.17, 15) is 9.90 Å². The van der Waals surface area contributed by atoms with Crippen molar-refractivity contribution in [3.8, 4) is 0 Å². The van der Waals surface area contributed by atoms with Gasteiger partial charge in [-0.2, -0.15) is 0 Å². The molecule has 3 nitrogen and oxygen atoms in total. The van der Waals surface area contributed by atoms with Crippen LogP contribution in [-0.4, -0.2) is 23.7 Å². The zero-order valence-corrected chi connectivity index (χ0v) is 15.1. The Morgan fingerprint density at radius 1 is 1.17 bits per heavy atom. The van der Waals surface area contributed by atoms with Gasteiger partial charge >= 0.3 is 5.97 Å². The molecule has 1 N–H and O–H groups in total. The van der Waals surface area contributed by atoms with Gasteiger partial charge in [-0.15, -0.1) is 0 Å². The lowest BCUT2D eigenvalue weighted by Gasteiger charge is -2.31. The van der Waals surface area contributed by atoms with Crippen molar-refractivity contribution in [3.05, 3.63) is 29.3 Å². The molecule has 0 aromatic heterocycles. The summed E-state index contributed by atoms with van der Waals surface area (Å²) < 4.78 is 0. The topological polar surface area (TPSA) is 40.5 Å². The summed E-state index contributed by atoms with van der Waals surface area (Å²) in [6.45, 7) is 10.0. The highest BCUT2D eigenvalue weighted by molar-refractivity contribution is 5.89. The van der Waals surface area contributed by atoms with Gasteiger partial charge in [-0.25, -0.2) is 4.79 Å². The van der Waals surface area contributed by atoms with E-state index in [0.29, 0.717) is 11.6 Å². The number of hydrogen-bond donors (Lipinski definition) is 1. The quantitative estimate of drug-likeness (QED) is 0.667. The number of carboxylic acids is 1. The Labute approximate surface area is 140 Å².